The Kier molecular flexibility index (Phi) is 3.63. The Hall–Kier alpha value is -0.870. The first kappa shape index (κ1) is 13.1. The van der Waals surface area contributed by atoms with E-state index in [0.29, 0.717) is 18.0 Å². The predicted octanol–water partition coefficient (Wildman–Crippen LogP) is 2.30. The molecule has 106 valence electrons. The molecule has 0 amide bonds. The molecule has 19 heavy (non-hydrogen) atoms. The number of aliphatic hydroxyl groups is 1. The fraction of sp³-hybridized carbons (Fsp3) is 0.800. The zero-order chi connectivity index (χ0) is 13.4. The van der Waals surface area contributed by atoms with E-state index >= 15 is 0 Å². The van der Waals surface area contributed by atoms with Crippen LogP contribution in [0.5, 0.6) is 0 Å². The summed E-state index contributed by atoms with van der Waals surface area (Å²) >= 11 is 0. The molecule has 2 aliphatic heterocycles. The van der Waals surface area contributed by atoms with E-state index < -0.39 is 0 Å². The van der Waals surface area contributed by atoms with Crippen molar-refractivity contribution in [3.63, 3.8) is 0 Å². The Bertz CT molecular complexity index is 441. The first-order chi connectivity index (χ1) is 9.22. The van der Waals surface area contributed by atoms with Gasteiger partial charge in [-0.2, -0.15) is 0 Å². The van der Waals surface area contributed by atoms with Gasteiger partial charge in [-0.15, -0.1) is 0 Å². The molecule has 3 heterocycles. The Balaban J connectivity index is 1.92. The van der Waals surface area contributed by atoms with E-state index in [2.05, 4.69) is 23.3 Å². The molecule has 2 unspecified atom stereocenters. The van der Waals surface area contributed by atoms with Crippen molar-refractivity contribution in [1.82, 2.24) is 14.5 Å². The van der Waals surface area contributed by atoms with Gasteiger partial charge >= 0.3 is 0 Å². The van der Waals surface area contributed by atoms with Gasteiger partial charge in [-0.1, -0.05) is 0 Å². The summed E-state index contributed by atoms with van der Waals surface area (Å²) in [7, 11) is 0. The monoisotopic (exact) mass is 263 g/mol. The molecule has 0 aliphatic carbocycles. The lowest BCUT2D eigenvalue weighted by atomic mass is 9.97. The van der Waals surface area contributed by atoms with Gasteiger partial charge in [-0.05, 0) is 46.1 Å². The first-order valence-electron chi connectivity index (χ1n) is 7.64. The SMILES string of the molecule is CC(C)N1CCCC1c1ncc2n1CCCC2CO. The smallest absolute Gasteiger partial charge is 0.126 e. The van der Waals surface area contributed by atoms with Crippen molar-refractivity contribution in [3.8, 4) is 0 Å². The minimum absolute atomic E-state index is 0.254. The van der Waals surface area contributed by atoms with E-state index in [0.717, 1.165) is 19.4 Å². The molecular formula is C15H25N3O. The number of rotatable bonds is 3. The molecule has 0 radical (unpaired) electrons. The molecule has 0 bridgehead atoms. The highest BCUT2D eigenvalue weighted by atomic mass is 16.3. The topological polar surface area (TPSA) is 41.3 Å². The van der Waals surface area contributed by atoms with Gasteiger partial charge in [-0.25, -0.2) is 4.98 Å². The van der Waals surface area contributed by atoms with Crippen molar-refractivity contribution in [2.24, 2.45) is 0 Å². The fourth-order valence-corrected chi connectivity index (χ4v) is 3.75. The zero-order valence-electron chi connectivity index (χ0n) is 12.0. The third-order valence-electron chi connectivity index (χ3n) is 4.75. The summed E-state index contributed by atoms with van der Waals surface area (Å²) in [6, 6.07) is 1.06. The van der Waals surface area contributed by atoms with Crippen molar-refractivity contribution in [2.75, 3.05) is 13.2 Å². The minimum atomic E-state index is 0.254. The third kappa shape index (κ3) is 2.21. The van der Waals surface area contributed by atoms with Gasteiger partial charge in [0.25, 0.3) is 0 Å². The number of nitrogens with zero attached hydrogens (tertiary/aromatic N) is 3. The molecule has 3 rings (SSSR count). The summed E-state index contributed by atoms with van der Waals surface area (Å²) in [5, 5.41) is 9.50. The average Bonchev–Trinajstić information content (AvgIpc) is 3.03. The van der Waals surface area contributed by atoms with Crippen LogP contribution in [-0.2, 0) is 6.54 Å². The lowest BCUT2D eigenvalue weighted by molar-refractivity contribution is 0.190. The van der Waals surface area contributed by atoms with Crippen molar-refractivity contribution in [3.05, 3.63) is 17.7 Å². The highest BCUT2D eigenvalue weighted by molar-refractivity contribution is 5.16. The molecule has 4 nitrogen and oxygen atoms in total. The zero-order valence-corrected chi connectivity index (χ0v) is 12.0. The first-order valence-corrected chi connectivity index (χ1v) is 7.64. The Labute approximate surface area is 115 Å². The number of aromatic nitrogens is 2. The maximum Gasteiger partial charge on any atom is 0.126 e. The molecule has 0 spiro atoms. The minimum Gasteiger partial charge on any atom is -0.396 e. The average molecular weight is 263 g/mol. The van der Waals surface area contributed by atoms with Crippen LogP contribution in [0.2, 0.25) is 0 Å². The van der Waals surface area contributed by atoms with Gasteiger partial charge in [-0.3, -0.25) is 4.90 Å². The molecular weight excluding hydrogens is 238 g/mol. The Morgan fingerprint density at radius 3 is 2.84 bits per heavy atom. The number of hydrogen-bond acceptors (Lipinski definition) is 3. The molecule has 1 fully saturated rings. The Morgan fingerprint density at radius 1 is 1.32 bits per heavy atom. The summed E-state index contributed by atoms with van der Waals surface area (Å²) in [4.78, 5) is 7.29. The van der Waals surface area contributed by atoms with Crippen molar-refractivity contribution < 1.29 is 5.11 Å². The maximum atomic E-state index is 9.50. The van der Waals surface area contributed by atoms with Crippen LogP contribution in [0, 0.1) is 0 Å². The highest BCUT2D eigenvalue weighted by Crippen LogP contribution is 2.36. The van der Waals surface area contributed by atoms with Crippen LogP contribution in [0.25, 0.3) is 0 Å². The summed E-state index contributed by atoms with van der Waals surface area (Å²) in [5.74, 6) is 1.53. The standard InChI is InChI=1S/C15H25N3O/c1-11(2)17-7-4-6-13(17)15-16-9-14-12(10-19)5-3-8-18(14)15/h9,11-13,19H,3-8,10H2,1-2H3. The molecule has 0 aromatic carbocycles. The van der Waals surface area contributed by atoms with E-state index in [1.165, 1.54) is 30.9 Å². The second kappa shape index (κ2) is 5.25. The van der Waals surface area contributed by atoms with Crippen LogP contribution in [0.1, 0.15) is 63.0 Å². The maximum absolute atomic E-state index is 9.50. The van der Waals surface area contributed by atoms with Crippen molar-refractivity contribution >= 4 is 0 Å². The summed E-state index contributed by atoms with van der Waals surface area (Å²) < 4.78 is 2.38. The van der Waals surface area contributed by atoms with Crippen molar-refractivity contribution in [2.45, 2.75) is 64.1 Å². The van der Waals surface area contributed by atoms with Gasteiger partial charge in [0.15, 0.2) is 0 Å². The fourth-order valence-electron chi connectivity index (χ4n) is 3.75. The van der Waals surface area contributed by atoms with Crippen LogP contribution in [-0.4, -0.2) is 38.8 Å². The van der Waals surface area contributed by atoms with Gasteiger partial charge < -0.3 is 9.67 Å². The van der Waals surface area contributed by atoms with Gasteiger partial charge in [0.2, 0.25) is 0 Å². The van der Waals surface area contributed by atoms with Crippen LogP contribution in [0.15, 0.2) is 6.20 Å². The number of hydrogen-bond donors (Lipinski definition) is 1. The van der Waals surface area contributed by atoms with E-state index in [1.807, 2.05) is 6.20 Å². The molecule has 2 atom stereocenters. The van der Waals surface area contributed by atoms with Gasteiger partial charge in [0, 0.05) is 30.4 Å². The van der Waals surface area contributed by atoms with E-state index in [1.54, 1.807) is 0 Å². The largest absolute Gasteiger partial charge is 0.396 e. The quantitative estimate of drug-likeness (QED) is 0.909. The molecule has 4 heteroatoms. The van der Waals surface area contributed by atoms with Gasteiger partial charge in [0.05, 0.1) is 12.6 Å². The second-order valence-corrected chi connectivity index (χ2v) is 6.20. The molecule has 1 aromatic heterocycles. The van der Waals surface area contributed by atoms with E-state index in [4.69, 9.17) is 4.98 Å². The van der Waals surface area contributed by atoms with Crippen LogP contribution < -0.4 is 0 Å². The number of aliphatic hydroxyl groups excluding tert-OH is 1. The molecule has 1 saturated heterocycles. The van der Waals surface area contributed by atoms with Gasteiger partial charge in [0.1, 0.15) is 5.82 Å². The van der Waals surface area contributed by atoms with E-state index in [-0.39, 0.29) is 6.61 Å². The summed E-state index contributed by atoms with van der Waals surface area (Å²) in [5.41, 5.74) is 1.25. The van der Waals surface area contributed by atoms with Crippen LogP contribution >= 0.6 is 0 Å². The molecule has 0 saturated carbocycles. The van der Waals surface area contributed by atoms with Crippen molar-refractivity contribution in [1.29, 1.82) is 0 Å². The molecule has 1 N–H and O–H groups in total. The third-order valence-corrected chi connectivity index (χ3v) is 4.75. The summed E-state index contributed by atoms with van der Waals surface area (Å²) in [6.07, 6.45) is 6.76. The van der Waals surface area contributed by atoms with Crippen LogP contribution in [0.4, 0.5) is 0 Å². The number of likely N-dealkylation sites (tertiary alicyclic amines) is 1. The second-order valence-electron chi connectivity index (χ2n) is 6.20. The summed E-state index contributed by atoms with van der Waals surface area (Å²) in [6.45, 7) is 7.06. The normalized spacial score (nSPS) is 28.0. The Morgan fingerprint density at radius 2 is 2.11 bits per heavy atom. The predicted molar refractivity (Wildman–Crippen MR) is 75.1 cm³/mol. The molecule has 2 aliphatic rings. The molecule has 1 aromatic rings. The van der Waals surface area contributed by atoms with E-state index in [9.17, 15) is 5.11 Å². The number of fused-ring (bicyclic) bond motifs is 1. The van der Waals surface area contributed by atoms with Crippen LogP contribution in [0.3, 0.4) is 0 Å². The highest BCUT2D eigenvalue weighted by Gasteiger charge is 2.33. The lowest BCUT2D eigenvalue weighted by Gasteiger charge is -2.30. The lowest BCUT2D eigenvalue weighted by Crippen LogP contribution is -2.32. The number of imidazole rings is 1.